The van der Waals surface area contributed by atoms with E-state index in [1.165, 1.54) is 0 Å². The quantitative estimate of drug-likeness (QED) is 0.731. The summed E-state index contributed by atoms with van der Waals surface area (Å²) >= 11 is 5.03. The Labute approximate surface area is 123 Å². The predicted molar refractivity (Wildman–Crippen MR) is 82.0 cm³/mol. The zero-order valence-corrected chi connectivity index (χ0v) is 12.6. The molecule has 0 aliphatic heterocycles. The molecule has 0 fully saturated rings. The number of aryl methyl sites for hydroxylation is 1. The molecular weight excluding hydrogens is 324 g/mol. The van der Waals surface area contributed by atoms with Crippen LogP contribution in [-0.2, 0) is 6.42 Å². The number of nitrogens with one attached hydrogen (secondary N) is 1. The van der Waals surface area contributed by atoms with Crippen molar-refractivity contribution in [3.8, 4) is 0 Å². The van der Waals surface area contributed by atoms with Crippen molar-refractivity contribution in [1.29, 1.82) is 0 Å². The largest absolute Gasteiger partial charge is 0.340 e. The molecule has 0 unspecified atom stereocenters. The Morgan fingerprint density at radius 2 is 2.16 bits per heavy atom. The van der Waals surface area contributed by atoms with Gasteiger partial charge in [0.1, 0.15) is 16.2 Å². The van der Waals surface area contributed by atoms with Crippen molar-refractivity contribution < 1.29 is 0 Å². The summed E-state index contributed by atoms with van der Waals surface area (Å²) in [6.45, 7) is 2.04. The van der Waals surface area contributed by atoms with E-state index in [0.717, 1.165) is 38.6 Å². The summed E-state index contributed by atoms with van der Waals surface area (Å²) in [5, 5.41) is 3.30. The van der Waals surface area contributed by atoms with Crippen molar-refractivity contribution >= 4 is 49.0 Å². The number of fused-ring (bicyclic) bond motifs is 1. The van der Waals surface area contributed by atoms with E-state index in [0.29, 0.717) is 0 Å². The summed E-state index contributed by atoms with van der Waals surface area (Å²) < 4.78 is 1.95. The van der Waals surface area contributed by atoms with Gasteiger partial charge in [0.05, 0.1) is 15.7 Å². The summed E-state index contributed by atoms with van der Waals surface area (Å²) in [7, 11) is 0. The van der Waals surface area contributed by atoms with Crippen LogP contribution < -0.4 is 5.32 Å². The van der Waals surface area contributed by atoms with Crippen molar-refractivity contribution in [2.75, 3.05) is 5.32 Å². The molecule has 0 aliphatic rings. The minimum atomic E-state index is 0.792. The van der Waals surface area contributed by atoms with Gasteiger partial charge in [0.15, 0.2) is 0 Å². The molecule has 96 valence electrons. The zero-order valence-electron chi connectivity index (χ0n) is 10.2. The lowest BCUT2D eigenvalue weighted by Gasteiger charge is -2.07. The van der Waals surface area contributed by atoms with E-state index in [1.54, 1.807) is 11.3 Å². The van der Waals surface area contributed by atoms with E-state index in [4.69, 9.17) is 0 Å². The molecule has 1 aromatic carbocycles. The summed E-state index contributed by atoms with van der Waals surface area (Å²) in [6, 6.07) is 7.96. The Kier molecular flexibility index (Phi) is 3.44. The van der Waals surface area contributed by atoms with E-state index >= 15 is 0 Å². The summed E-state index contributed by atoms with van der Waals surface area (Å²) in [5.41, 5.74) is 3.88. The van der Waals surface area contributed by atoms with Crippen molar-refractivity contribution in [3.63, 3.8) is 0 Å². The molecule has 0 bridgehead atoms. The molecule has 1 N–H and O–H groups in total. The first-order chi connectivity index (χ1) is 9.24. The van der Waals surface area contributed by atoms with Gasteiger partial charge < -0.3 is 5.32 Å². The Morgan fingerprint density at radius 1 is 1.26 bits per heavy atom. The van der Waals surface area contributed by atoms with Crippen LogP contribution in [0.15, 0.2) is 34.4 Å². The number of thiazole rings is 1. The average Bonchev–Trinajstić information content (AvgIpc) is 2.85. The lowest BCUT2D eigenvalue weighted by molar-refractivity contribution is 0.931. The average molecular weight is 335 g/mol. The van der Waals surface area contributed by atoms with Gasteiger partial charge in [-0.05, 0) is 34.1 Å². The number of nitrogens with zero attached hydrogens (tertiary/aromatic N) is 3. The molecule has 4 nitrogen and oxygen atoms in total. The maximum atomic E-state index is 4.45. The number of anilines is 2. The first-order valence-electron chi connectivity index (χ1n) is 5.88. The van der Waals surface area contributed by atoms with Crippen LogP contribution in [0.25, 0.3) is 10.2 Å². The SMILES string of the molecule is CCc1nc(Br)cc(Nc2ccc3ncsc3c2)n1. The van der Waals surface area contributed by atoms with E-state index in [-0.39, 0.29) is 0 Å². The maximum absolute atomic E-state index is 4.45. The van der Waals surface area contributed by atoms with E-state index in [1.807, 2.05) is 30.6 Å². The Hall–Kier alpha value is -1.53. The van der Waals surface area contributed by atoms with Gasteiger partial charge in [0.2, 0.25) is 0 Å². The number of benzene rings is 1. The standard InChI is InChI=1S/C13H11BrN4S/c1-2-12-17-11(14)6-13(18-12)16-8-3-4-9-10(5-8)19-7-15-9/h3-7H,2H2,1H3,(H,16,17,18). The van der Waals surface area contributed by atoms with Crippen molar-refractivity contribution in [2.45, 2.75) is 13.3 Å². The van der Waals surface area contributed by atoms with Crippen LogP contribution in [0.4, 0.5) is 11.5 Å². The summed E-state index contributed by atoms with van der Waals surface area (Å²) in [4.78, 5) is 13.0. The van der Waals surface area contributed by atoms with Crippen LogP contribution in [0, 0.1) is 0 Å². The second kappa shape index (κ2) is 5.22. The fourth-order valence-electron chi connectivity index (χ4n) is 1.77. The smallest absolute Gasteiger partial charge is 0.135 e. The summed E-state index contributed by atoms with van der Waals surface area (Å²) in [6.07, 6.45) is 0.808. The van der Waals surface area contributed by atoms with Gasteiger partial charge in [-0.3, -0.25) is 0 Å². The first-order valence-corrected chi connectivity index (χ1v) is 7.55. The third-order valence-corrected chi connectivity index (χ3v) is 3.86. The number of halogens is 1. The molecule has 0 radical (unpaired) electrons. The number of rotatable bonds is 3. The van der Waals surface area contributed by atoms with Gasteiger partial charge >= 0.3 is 0 Å². The molecule has 3 rings (SSSR count). The number of hydrogen-bond donors (Lipinski definition) is 1. The third kappa shape index (κ3) is 2.74. The van der Waals surface area contributed by atoms with Gasteiger partial charge in [-0.15, -0.1) is 11.3 Å². The monoisotopic (exact) mass is 334 g/mol. The highest BCUT2D eigenvalue weighted by Crippen LogP contribution is 2.24. The van der Waals surface area contributed by atoms with Crippen LogP contribution in [0.5, 0.6) is 0 Å². The van der Waals surface area contributed by atoms with Gasteiger partial charge in [0.25, 0.3) is 0 Å². The molecular formula is C13H11BrN4S. The van der Waals surface area contributed by atoms with Crippen molar-refractivity contribution in [1.82, 2.24) is 15.0 Å². The zero-order chi connectivity index (χ0) is 13.2. The molecule has 0 saturated carbocycles. The minimum Gasteiger partial charge on any atom is -0.340 e. The Bertz CT molecular complexity index is 725. The van der Waals surface area contributed by atoms with Crippen LogP contribution in [-0.4, -0.2) is 15.0 Å². The maximum Gasteiger partial charge on any atom is 0.135 e. The predicted octanol–water partition coefficient (Wildman–Crippen LogP) is 4.15. The van der Waals surface area contributed by atoms with Crippen LogP contribution in [0.3, 0.4) is 0 Å². The molecule has 0 spiro atoms. The van der Waals surface area contributed by atoms with Crippen molar-refractivity contribution in [2.24, 2.45) is 0 Å². The second-order valence-electron chi connectivity index (χ2n) is 4.01. The summed E-state index contributed by atoms with van der Waals surface area (Å²) in [5.74, 6) is 1.61. The number of hydrogen-bond acceptors (Lipinski definition) is 5. The topological polar surface area (TPSA) is 50.7 Å². The Morgan fingerprint density at radius 3 is 3.00 bits per heavy atom. The molecule has 0 saturated heterocycles. The molecule has 2 aromatic heterocycles. The highest BCUT2D eigenvalue weighted by Gasteiger charge is 2.03. The molecule has 0 atom stereocenters. The molecule has 0 aliphatic carbocycles. The molecule has 2 heterocycles. The fraction of sp³-hybridized carbons (Fsp3) is 0.154. The Balaban J connectivity index is 1.93. The fourth-order valence-corrected chi connectivity index (χ4v) is 2.91. The van der Waals surface area contributed by atoms with E-state index in [9.17, 15) is 0 Å². The van der Waals surface area contributed by atoms with Gasteiger partial charge in [-0.2, -0.15) is 0 Å². The van der Waals surface area contributed by atoms with Crippen LogP contribution in [0.1, 0.15) is 12.7 Å². The van der Waals surface area contributed by atoms with Gasteiger partial charge in [-0.25, -0.2) is 15.0 Å². The van der Waals surface area contributed by atoms with Gasteiger partial charge in [0, 0.05) is 18.2 Å². The molecule has 19 heavy (non-hydrogen) atoms. The lowest BCUT2D eigenvalue weighted by Crippen LogP contribution is -1.99. The highest BCUT2D eigenvalue weighted by atomic mass is 79.9. The van der Waals surface area contributed by atoms with E-state index in [2.05, 4.69) is 42.3 Å². The second-order valence-corrected chi connectivity index (χ2v) is 5.70. The minimum absolute atomic E-state index is 0.792. The van der Waals surface area contributed by atoms with Crippen LogP contribution >= 0.6 is 27.3 Å². The molecule has 3 aromatic rings. The van der Waals surface area contributed by atoms with Crippen LogP contribution in [0.2, 0.25) is 0 Å². The highest BCUT2D eigenvalue weighted by molar-refractivity contribution is 9.10. The lowest BCUT2D eigenvalue weighted by atomic mass is 10.3. The molecule has 0 amide bonds. The normalized spacial score (nSPS) is 10.8. The first kappa shape index (κ1) is 12.5. The van der Waals surface area contributed by atoms with Gasteiger partial charge in [-0.1, -0.05) is 6.92 Å². The third-order valence-electron chi connectivity index (χ3n) is 2.66. The van der Waals surface area contributed by atoms with Crippen molar-refractivity contribution in [3.05, 3.63) is 40.2 Å². The molecule has 6 heteroatoms. The number of aromatic nitrogens is 3. The van der Waals surface area contributed by atoms with E-state index < -0.39 is 0 Å².